The second-order valence-electron chi connectivity index (χ2n) is 5.36. The van der Waals surface area contributed by atoms with Crippen LogP contribution in [0.25, 0.3) is 0 Å². The first-order valence-corrected chi connectivity index (χ1v) is 7.56. The highest BCUT2D eigenvalue weighted by Crippen LogP contribution is 2.19. The molecule has 0 fully saturated rings. The first-order chi connectivity index (χ1) is 10.8. The lowest BCUT2D eigenvalue weighted by atomic mass is 10.0. The number of aliphatic imine (C=N–C) groups is 1. The van der Waals surface area contributed by atoms with Crippen molar-refractivity contribution in [1.29, 1.82) is 0 Å². The Bertz CT molecular complexity index is 484. The normalized spacial score (nSPS) is 12.4. The fourth-order valence-corrected chi connectivity index (χ4v) is 1.83. The summed E-state index contributed by atoms with van der Waals surface area (Å²) in [6, 6.07) is 7.85. The van der Waals surface area contributed by atoms with Crippen molar-refractivity contribution in [2.24, 2.45) is 4.99 Å². The van der Waals surface area contributed by atoms with Gasteiger partial charge in [0.25, 0.3) is 0 Å². The number of ether oxygens (including phenoxy) is 1. The van der Waals surface area contributed by atoms with E-state index in [0.717, 1.165) is 5.75 Å². The third-order valence-electron chi connectivity index (χ3n) is 3.13. The van der Waals surface area contributed by atoms with Crippen molar-refractivity contribution in [3.05, 3.63) is 29.8 Å². The van der Waals surface area contributed by atoms with E-state index in [-0.39, 0.29) is 6.54 Å². The first-order valence-electron chi connectivity index (χ1n) is 7.56. The van der Waals surface area contributed by atoms with Gasteiger partial charge in [-0.25, -0.2) is 0 Å². The van der Waals surface area contributed by atoms with Crippen molar-refractivity contribution >= 4 is 5.96 Å². The highest BCUT2D eigenvalue weighted by Gasteiger charge is 2.26. The van der Waals surface area contributed by atoms with Crippen LogP contribution in [0.4, 0.5) is 13.2 Å². The van der Waals surface area contributed by atoms with Crippen molar-refractivity contribution in [1.82, 2.24) is 10.6 Å². The van der Waals surface area contributed by atoms with Crippen LogP contribution in [0.2, 0.25) is 0 Å². The van der Waals surface area contributed by atoms with Crippen LogP contribution in [0.1, 0.15) is 31.7 Å². The van der Waals surface area contributed by atoms with Gasteiger partial charge in [0.15, 0.2) is 5.96 Å². The minimum absolute atomic E-state index is 0.208. The van der Waals surface area contributed by atoms with E-state index in [2.05, 4.69) is 29.5 Å². The Hall–Kier alpha value is -1.92. The van der Waals surface area contributed by atoms with Crippen LogP contribution in [-0.2, 0) is 0 Å². The van der Waals surface area contributed by atoms with Gasteiger partial charge in [-0.15, -0.1) is 0 Å². The zero-order valence-electron chi connectivity index (χ0n) is 13.7. The summed E-state index contributed by atoms with van der Waals surface area (Å²) in [5.41, 5.74) is 1.24. The van der Waals surface area contributed by atoms with Crippen molar-refractivity contribution in [3.63, 3.8) is 0 Å². The highest BCUT2D eigenvalue weighted by atomic mass is 19.4. The van der Waals surface area contributed by atoms with Gasteiger partial charge in [0, 0.05) is 13.6 Å². The van der Waals surface area contributed by atoms with Crippen LogP contribution in [0, 0.1) is 0 Å². The van der Waals surface area contributed by atoms with Crippen molar-refractivity contribution in [2.75, 3.05) is 26.7 Å². The molecule has 2 N–H and O–H groups in total. The number of halogens is 3. The molecule has 0 aliphatic rings. The molecule has 0 bridgehead atoms. The molecule has 23 heavy (non-hydrogen) atoms. The number of hydrogen-bond donors (Lipinski definition) is 2. The van der Waals surface area contributed by atoms with E-state index >= 15 is 0 Å². The predicted octanol–water partition coefficient (Wildman–Crippen LogP) is 3.31. The Morgan fingerprint density at radius 1 is 1.13 bits per heavy atom. The van der Waals surface area contributed by atoms with Gasteiger partial charge in [0.2, 0.25) is 0 Å². The molecule has 0 aliphatic heterocycles. The molecule has 0 heterocycles. The van der Waals surface area contributed by atoms with Crippen molar-refractivity contribution < 1.29 is 17.9 Å². The van der Waals surface area contributed by atoms with Crippen LogP contribution < -0.4 is 15.4 Å². The largest absolute Gasteiger partial charge is 0.492 e. The van der Waals surface area contributed by atoms with Crippen LogP contribution in [0.5, 0.6) is 5.75 Å². The van der Waals surface area contributed by atoms with Gasteiger partial charge < -0.3 is 15.4 Å². The maximum Gasteiger partial charge on any atom is 0.390 e. The predicted molar refractivity (Wildman–Crippen MR) is 86.1 cm³/mol. The topological polar surface area (TPSA) is 45.7 Å². The minimum atomic E-state index is -4.17. The lowest BCUT2D eigenvalue weighted by Gasteiger charge is -2.13. The Labute approximate surface area is 135 Å². The van der Waals surface area contributed by atoms with E-state index < -0.39 is 12.6 Å². The first kappa shape index (κ1) is 19.1. The summed E-state index contributed by atoms with van der Waals surface area (Å²) in [6.45, 7) is 4.87. The third-order valence-corrected chi connectivity index (χ3v) is 3.13. The summed E-state index contributed by atoms with van der Waals surface area (Å²) >= 11 is 0. The van der Waals surface area contributed by atoms with Crippen LogP contribution in [-0.4, -0.2) is 38.9 Å². The lowest BCUT2D eigenvalue weighted by molar-refractivity contribution is -0.132. The highest BCUT2D eigenvalue weighted by molar-refractivity contribution is 5.79. The van der Waals surface area contributed by atoms with Gasteiger partial charge in [-0.3, -0.25) is 4.99 Å². The van der Waals surface area contributed by atoms with E-state index in [1.165, 1.54) is 12.6 Å². The molecule has 0 atom stereocenters. The molecule has 1 rings (SSSR count). The molecule has 0 amide bonds. The molecule has 0 aliphatic carbocycles. The van der Waals surface area contributed by atoms with Gasteiger partial charge >= 0.3 is 6.18 Å². The van der Waals surface area contributed by atoms with E-state index in [1.54, 1.807) is 0 Å². The average Bonchev–Trinajstić information content (AvgIpc) is 2.49. The average molecular weight is 331 g/mol. The van der Waals surface area contributed by atoms with Gasteiger partial charge in [-0.2, -0.15) is 13.2 Å². The minimum Gasteiger partial charge on any atom is -0.492 e. The van der Waals surface area contributed by atoms with Gasteiger partial charge in [-0.1, -0.05) is 26.0 Å². The number of nitrogens with one attached hydrogen (secondary N) is 2. The number of rotatable bonds is 7. The summed E-state index contributed by atoms with van der Waals surface area (Å²) in [5.74, 6) is 1.56. The maximum absolute atomic E-state index is 12.1. The molecule has 1 aromatic rings. The van der Waals surface area contributed by atoms with Crippen LogP contribution >= 0.6 is 0 Å². The van der Waals surface area contributed by atoms with Gasteiger partial charge in [-0.05, 0) is 23.6 Å². The number of alkyl halides is 3. The summed E-state index contributed by atoms with van der Waals surface area (Å²) in [6.07, 6.45) is -5.07. The van der Waals surface area contributed by atoms with E-state index in [0.29, 0.717) is 25.0 Å². The third kappa shape index (κ3) is 8.32. The van der Waals surface area contributed by atoms with E-state index in [9.17, 15) is 13.2 Å². The zero-order chi connectivity index (χ0) is 17.3. The zero-order valence-corrected chi connectivity index (χ0v) is 13.7. The van der Waals surface area contributed by atoms with E-state index in [4.69, 9.17) is 4.74 Å². The summed E-state index contributed by atoms with van der Waals surface area (Å²) in [4.78, 5) is 3.85. The fraction of sp³-hybridized carbons (Fsp3) is 0.562. The molecule has 7 heteroatoms. The molecule has 0 saturated carbocycles. The Morgan fingerprint density at radius 2 is 1.74 bits per heavy atom. The van der Waals surface area contributed by atoms with Gasteiger partial charge in [0.1, 0.15) is 12.4 Å². The number of hydrogen-bond acceptors (Lipinski definition) is 2. The monoisotopic (exact) mass is 331 g/mol. The van der Waals surface area contributed by atoms with Crippen LogP contribution in [0.3, 0.4) is 0 Å². The molecule has 0 spiro atoms. The van der Waals surface area contributed by atoms with E-state index in [1.807, 2.05) is 24.3 Å². The summed E-state index contributed by atoms with van der Waals surface area (Å²) < 4.78 is 41.8. The second-order valence-corrected chi connectivity index (χ2v) is 5.36. The molecule has 1 aromatic carbocycles. The summed E-state index contributed by atoms with van der Waals surface area (Å²) in [7, 11) is 1.51. The molecular weight excluding hydrogens is 307 g/mol. The quantitative estimate of drug-likeness (QED) is 0.458. The summed E-state index contributed by atoms with van der Waals surface area (Å²) in [5, 5.41) is 5.51. The van der Waals surface area contributed by atoms with Gasteiger partial charge in [0.05, 0.1) is 13.0 Å². The molecule has 4 nitrogen and oxygen atoms in total. The number of guanidine groups is 1. The molecule has 0 aromatic heterocycles. The number of benzene rings is 1. The lowest BCUT2D eigenvalue weighted by Crippen LogP contribution is -2.40. The Morgan fingerprint density at radius 3 is 2.26 bits per heavy atom. The molecule has 130 valence electrons. The SMILES string of the molecule is CN=C(NCCOc1ccc(C(C)C)cc1)NCCC(F)(F)F. The molecule has 0 saturated heterocycles. The fourth-order valence-electron chi connectivity index (χ4n) is 1.83. The number of nitrogens with zero attached hydrogens (tertiary/aromatic N) is 1. The molecule has 0 radical (unpaired) electrons. The Balaban J connectivity index is 2.24. The second kappa shape index (κ2) is 9.27. The smallest absolute Gasteiger partial charge is 0.390 e. The maximum atomic E-state index is 12.1. The van der Waals surface area contributed by atoms with Crippen LogP contribution in [0.15, 0.2) is 29.3 Å². The Kier molecular flexibility index (Phi) is 7.71. The molecular formula is C16H24F3N3O. The standard InChI is InChI=1S/C16H24F3N3O/c1-12(2)13-4-6-14(7-5-13)23-11-10-22-15(20-3)21-9-8-16(17,18)19/h4-7,12H,8-11H2,1-3H3,(H2,20,21,22). The molecule has 0 unspecified atom stereocenters. The van der Waals surface area contributed by atoms with Crippen molar-refractivity contribution in [3.8, 4) is 5.75 Å². The van der Waals surface area contributed by atoms with Crippen molar-refractivity contribution in [2.45, 2.75) is 32.4 Å².